The van der Waals surface area contributed by atoms with Gasteiger partial charge in [0.05, 0.1) is 0 Å². The number of carbonyl (C=O) groups is 1. The van der Waals surface area contributed by atoms with Crippen molar-refractivity contribution in [3.63, 3.8) is 0 Å². The van der Waals surface area contributed by atoms with Gasteiger partial charge in [-0.2, -0.15) is 0 Å². The zero-order chi connectivity index (χ0) is 15.1. The Bertz CT molecular complexity index is 552. The highest BCUT2D eigenvalue weighted by atomic mass is 16.1. The number of nitrogens with zero attached hydrogens (tertiary/aromatic N) is 1. The summed E-state index contributed by atoms with van der Waals surface area (Å²) >= 11 is 0. The zero-order valence-electron chi connectivity index (χ0n) is 12.6. The van der Waals surface area contributed by atoms with Crippen LogP contribution in [0.5, 0.6) is 0 Å². The molecule has 0 saturated carbocycles. The lowest BCUT2D eigenvalue weighted by Gasteiger charge is -2.21. The van der Waals surface area contributed by atoms with Crippen LogP contribution in [-0.2, 0) is 11.3 Å². The van der Waals surface area contributed by atoms with Crippen LogP contribution < -0.4 is 5.32 Å². The zero-order valence-corrected chi connectivity index (χ0v) is 12.6. The van der Waals surface area contributed by atoms with E-state index in [0.29, 0.717) is 18.9 Å². The highest BCUT2D eigenvalue weighted by Crippen LogP contribution is 2.27. The van der Waals surface area contributed by atoms with Crippen LogP contribution in [0.4, 0.5) is 0 Å². The first-order chi connectivity index (χ1) is 10.2. The molecule has 0 aliphatic rings. The number of hydrogen-bond donors (Lipinski definition) is 1. The van der Waals surface area contributed by atoms with Gasteiger partial charge in [-0.3, -0.25) is 9.78 Å². The summed E-state index contributed by atoms with van der Waals surface area (Å²) in [5.74, 6) is 0.762. The second-order valence-corrected chi connectivity index (χ2v) is 5.60. The predicted octanol–water partition coefficient (Wildman–Crippen LogP) is 3.53. The van der Waals surface area contributed by atoms with Gasteiger partial charge in [0.15, 0.2) is 0 Å². The van der Waals surface area contributed by atoms with Crippen LogP contribution in [0.25, 0.3) is 0 Å². The van der Waals surface area contributed by atoms with Crippen molar-refractivity contribution in [3.05, 3.63) is 66.0 Å². The van der Waals surface area contributed by atoms with Gasteiger partial charge in [0.2, 0.25) is 5.91 Å². The molecule has 2 aromatic rings. The highest BCUT2D eigenvalue weighted by Gasteiger charge is 2.19. The van der Waals surface area contributed by atoms with Gasteiger partial charge in [-0.1, -0.05) is 50.2 Å². The number of aromatic nitrogens is 1. The third-order valence-corrected chi connectivity index (χ3v) is 3.65. The molecule has 0 unspecified atom stereocenters. The molecule has 1 atom stereocenters. The highest BCUT2D eigenvalue weighted by molar-refractivity contribution is 5.76. The van der Waals surface area contributed by atoms with E-state index in [4.69, 9.17) is 0 Å². The van der Waals surface area contributed by atoms with E-state index in [1.807, 2.05) is 30.3 Å². The molecule has 21 heavy (non-hydrogen) atoms. The lowest BCUT2D eigenvalue weighted by atomic mass is 9.85. The van der Waals surface area contributed by atoms with E-state index in [9.17, 15) is 4.79 Å². The second-order valence-electron chi connectivity index (χ2n) is 5.60. The van der Waals surface area contributed by atoms with Crippen molar-refractivity contribution < 1.29 is 4.79 Å². The van der Waals surface area contributed by atoms with Gasteiger partial charge in [-0.25, -0.2) is 0 Å². The van der Waals surface area contributed by atoms with Crippen LogP contribution in [0.15, 0.2) is 54.9 Å². The summed E-state index contributed by atoms with van der Waals surface area (Å²) in [5.41, 5.74) is 2.25. The van der Waals surface area contributed by atoms with Crippen molar-refractivity contribution in [2.45, 2.75) is 32.7 Å². The van der Waals surface area contributed by atoms with Gasteiger partial charge in [-0.05, 0) is 29.0 Å². The molecule has 2 rings (SSSR count). The number of nitrogens with one attached hydrogen (secondary N) is 1. The van der Waals surface area contributed by atoms with Gasteiger partial charge in [0.25, 0.3) is 0 Å². The van der Waals surface area contributed by atoms with Gasteiger partial charge in [-0.15, -0.1) is 0 Å². The van der Waals surface area contributed by atoms with Crippen molar-refractivity contribution in [3.8, 4) is 0 Å². The lowest BCUT2D eigenvalue weighted by Crippen LogP contribution is -2.26. The van der Waals surface area contributed by atoms with Crippen LogP contribution in [0.2, 0.25) is 0 Å². The van der Waals surface area contributed by atoms with E-state index in [-0.39, 0.29) is 11.8 Å². The molecule has 3 heteroatoms. The van der Waals surface area contributed by atoms with E-state index in [0.717, 1.165) is 5.56 Å². The van der Waals surface area contributed by atoms with Gasteiger partial charge in [0, 0.05) is 25.4 Å². The Morgan fingerprint density at radius 1 is 1.14 bits per heavy atom. The molecule has 0 aliphatic heterocycles. The molecule has 0 saturated heterocycles. The summed E-state index contributed by atoms with van der Waals surface area (Å²) in [7, 11) is 0. The average molecular weight is 282 g/mol. The molecule has 1 aromatic heterocycles. The largest absolute Gasteiger partial charge is 0.352 e. The maximum Gasteiger partial charge on any atom is 0.220 e. The minimum Gasteiger partial charge on any atom is -0.352 e. The summed E-state index contributed by atoms with van der Waals surface area (Å²) < 4.78 is 0. The Labute approximate surface area is 126 Å². The summed E-state index contributed by atoms with van der Waals surface area (Å²) in [6.07, 6.45) is 4.02. The van der Waals surface area contributed by atoms with Crippen molar-refractivity contribution in [1.82, 2.24) is 10.3 Å². The van der Waals surface area contributed by atoms with E-state index in [2.05, 4.69) is 36.3 Å². The fraction of sp³-hybridized carbons (Fsp3) is 0.333. The molecule has 3 nitrogen and oxygen atoms in total. The Morgan fingerprint density at radius 3 is 2.52 bits per heavy atom. The Morgan fingerprint density at radius 2 is 1.90 bits per heavy atom. The molecule has 1 N–H and O–H groups in total. The van der Waals surface area contributed by atoms with Crippen LogP contribution in [0.3, 0.4) is 0 Å². The number of carbonyl (C=O) groups excluding carboxylic acids is 1. The van der Waals surface area contributed by atoms with Crippen molar-refractivity contribution in [2.24, 2.45) is 5.92 Å². The van der Waals surface area contributed by atoms with E-state index < -0.39 is 0 Å². The van der Waals surface area contributed by atoms with Crippen molar-refractivity contribution >= 4 is 5.91 Å². The SMILES string of the molecule is CC(C)[C@H](CC(=O)NCc1cccnc1)c1ccccc1. The Hall–Kier alpha value is -2.16. The number of rotatable bonds is 6. The molecule has 0 radical (unpaired) electrons. The minimum absolute atomic E-state index is 0.0846. The molecule has 1 heterocycles. The lowest BCUT2D eigenvalue weighted by molar-refractivity contribution is -0.121. The minimum atomic E-state index is 0.0846. The second kappa shape index (κ2) is 7.58. The first kappa shape index (κ1) is 15.2. The standard InChI is InChI=1S/C18H22N2O/c1-14(2)17(16-8-4-3-5-9-16)11-18(21)20-13-15-7-6-10-19-12-15/h3-10,12,14,17H,11,13H2,1-2H3,(H,20,21)/t17-/m0/s1. The topological polar surface area (TPSA) is 42.0 Å². The third kappa shape index (κ3) is 4.71. The van der Waals surface area contributed by atoms with E-state index in [1.165, 1.54) is 5.56 Å². The summed E-state index contributed by atoms with van der Waals surface area (Å²) in [6, 6.07) is 14.1. The summed E-state index contributed by atoms with van der Waals surface area (Å²) in [6.45, 7) is 4.85. The molecule has 1 aromatic carbocycles. The number of benzene rings is 1. The van der Waals surface area contributed by atoms with Gasteiger partial charge in [0.1, 0.15) is 0 Å². The Balaban J connectivity index is 1.93. The van der Waals surface area contributed by atoms with Gasteiger partial charge < -0.3 is 5.32 Å². The monoisotopic (exact) mass is 282 g/mol. The molecule has 1 amide bonds. The fourth-order valence-electron chi connectivity index (χ4n) is 2.41. The average Bonchev–Trinajstić information content (AvgIpc) is 2.52. The number of pyridine rings is 1. The van der Waals surface area contributed by atoms with Crippen LogP contribution in [0.1, 0.15) is 37.3 Å². The first-order valence-electron chi connectivity index (χ1n) is 7.37. The first-order valence-corrected chi connectivity index (χ1v) is 7.37. The van der Waals surface area contributed by atoms with Crippen LogP contribution in [-0.4, -0.2) is 10.9 Å². The molecule has 0 spiro atoms. The van der Waals surface area contributed by atoms with Crippen molar-refractivity contribution in [2.75, 3.05) is 0 Å². The predicted molar refractivity (Wildman–Crippen MR) is 84.7 cm³/mol. The smallest absolute Gasteiger partial charge is 0.220 e. The quantitative estimate of drug-likeness (QED) is 0.880. The maximum absolute atomic E-state index is 12.2. The van der Waals surface area contributed by atoms with Crippen LogP contribution >= 0.6 is 0 Å². The van der Waals surface area contributed by atoms with E-state index >= 15 is 0 Å². The Kier molecular flexibility index (Phi) is 5.50. The molecule has 0 bridgehead atoms. The van der Waals surface area contributed by atoms with Crippen molar-refractivity contribution in [1.29, 1.82) is 0 Å². The normalized spacial score (nSPS) is 12.1. The molecule has 110 valence electrons. The van der Waals surface area contributed by atoms with Crippen LogP contribution in [0, 0.1) is 5.92 Å². The molecule has 0 fully saturated rings. The maximum atomic E-state index is 12.2. The molecular weight excluding hydrogens is 260 g/mol. The van der Waals surface area contributed by atoms with Gasteiger partial charge >= 0.3 is 0 Å². The third-order valence-electron chi connectivity index (χ3n) is 3.65. The summed E-state index contributed by atoms with van der Waals surface area (Å²) in [4.78, 5) is 16.2. The summed E-state index contributed by atoms with van der Waals surface area (Å²) in [5, 5.41) is 2.98. The number of amides is 1. The number of hydrogen-bond acceptors (Lipinski definition) is 2. The molecular formula is C18H22N2O. The fourth-order valence-corrected chi connectivity index (χ4v) is 2.41. The van der Waals surface area contributed by atoms with E-state index in [1.54, 1.807) is 12.4 Å². The molecule has 0 aliphatic carbocycles.